The van der Waals surface area contributed by atoms with Crippen LogP contribution in [-0.2, 0) is 19.4 Å². The lowest BCUT2D eigenvalue weighted by Gasteiger charge is -2.23. The summed E-state index contributed by atoms with van der Waals surface area (Å²) in [5, 5.41) is 9.65. The molecule has 1 aliphatic heterocycles. The number of benzene rings is 1. The van der Waals surface area contributed by atoms with Crippen LogP contribution in [-0.4, -0.2) is 61.5 Å². The molecule has 1 amide bonds. The summed E-state index contributed by atoms with van der Waals surface area (Å²) in [5.74, 6) is -1.50. The van der Waals surface area contributed by atoms with Crippen molar-refractivity contribution < 1.29 is 27.9 Å². The fourth-order valence-corrected chi connectivity index (χ4v) is 4.18. The maximum Gasteiger partial charge on any atom is 0.342 e. The first kappa shape index (κ1) is 17.3. The minimum atomic E-state index is -3.09. The molecule has 2 rings (SSSR count). The first-order valence-corrected chi connectivity index (χ1v) is 8.94. The number of phenolic OH excluding ortho intramolecular Hbond substituents is 1. The zero-order valence-electron chi connectivity index (χ0n) is 13.0. The lowest BCUT2D eigenvalue weighted by atomic mass is 10.1. The highest BCUT2D eigenvalue weighted by Crippen LogP contribution is 2.20. The summed E-state index contributed by atoms with van der Waals surface area (Å²) in [6.45, 7) is 1.26. The molecule has 0 saturated carbocycles. The fraction of sp³-hybridized carbons (Fsp3) is 0.467. The molecule has 23 heavy (non-hydrogen) atoms. The van der Waals surface area contributed by atoms with Gasteiger partial charge in [-0.05, 0) is 25.5 Å². The van der Waals surface area contributed by atoms with E-state index in [-0.39, 0.29) is 22.8 Å². The molecule has 1 aromatic carbocycles. The summed E-state index contributed by atoms with van der Waals surface area (Å²) in [6.07, 6.45) is 0.386. The second-order valence-electron chi connectivity index (χ2n) is 5.66. The van der Waals surface area contributed by atoms with Gasteiger partial charge >= 0.3 is 5.97 Å². The Balaban J connectivity index is 1.93. The highest BCUT2D eigenvalue weighted by Gasteiger charge is 2.33. The zero-order valence-corrected chi connectivity index (χ0v) is 13.8. The number of hydrogen-bond acceptors (Lipinski definition) is 6. The van der Waals surface area contributed by atoms with Crippen molar-refractivity contribution in [3.8, 4) is 5.75 Å². The van der Waals surface area contributed by atoms with Crippen LogP contribution in [0.3, 0.4) is 0 Å². The third-order valence-electron chi connectivity index (χ3n) is 3.85. The van der Waals surface area contributed by atoms with E-state index < -0.39 is 34.4 Å². The monoisotopic (exact) mass is 341 g/mol. The molecule has 1 saturated heterocycles. The molecule has 8 heteroatoms. The number of sulfone groups is 1. The number of hydrogen-bond donors (Lipinski definition) is 1. The van der Waals surface area contributed by atoms with Gasteiger partial charge in [0.25, 0.3) is 5.91 Å². The number of nitrogens with zero attached hydrogens (tertiary/aromatic N) is 1. The van der Waals surface area contributed by atoms with Crippen molar-refractivity contribution in [1.29, 1.82) is 0 Å². The number of aromatic hydroxyl groups is 1. The van der Waals surface area contributed by atoms with Crippen molar-refractivity contribution in [2.75, 3.05) is 25.2 Å². The van der Waals surface area contributed by atoms with Gasteiger partial charge in [0.15, 0.2) is 16.4 Å². The maximum atomic E-state index is 12.0. The molecule has 0 radical (unpaired) electrons. The number of amides is 1. The fourth-order valence-electron chi connectivity index (χ4n) is 2.40. The van der Waals surface area contributed by atoms with Crippen LogP contribution in [0.2, 0.25) is 0 Å². The molecule has 0 aliphatic carbocycles. The molecule has 1 N–H and O–H groups in total. The Kier molecular flexibility index (Phi) is 4.93. The summed E-state index contributed by atoms with van der Waals surface area (Å²) in [6, 6.07) is 4.10. The van der Waals surface area contributed by atoms with Gasteiger partial charge in [0.05, 0.1) is 11.5 Å². The highest BCUT2D eigenvalue weighted by atomic mass is 32.2. The van der Waals surface area contributed by atoms with Gasteiger partial charge in [-0.15, -0.1) is 0 Å². The number of esters is 1. The van der Waals surface area contributed by atoms with Gasteiger partial charge in [-0.1, -0.05) is 11.6 Å². The van der Waals surface area contributed by atoms with Crippen molar-refractivity contribution in [3.05, 3.63) is 29.3 Å². The van der Waals surface area contributed by atoms with Crippen LogP contribution < -0.4 is 0 Å². The standard InChI is InChI=1S/C15H19NO6S/c1-10-3-4-13(17)12(7-10)15(19)22-8-14(18)16(2)11-5-6-23(20,21)9-11/h3-4,7,11,17H,5-6,8-9H2,1-2H3/t11-/m1/s1. The average molecular weight is 341 g/mol. The summed E-state index contributed by atoms with van der Waals surface area (Å²) in [7, 11) is -1.60. The molecule has 126 valence electrons. The third kappa shape index (κ3) is 4.22. The topological polar surface area (TPSA) is 101 Å². The number of phenols is 1. The molecule has 0 unspecified atom stereocenters. The maximum absolute atomic E-state index is 12.0. The summed E-state index contributed by atoms with van der Waals surface area (Å²) in [4.78, 5) is 25.2. The van der Waals surface area contributed by atoms with Crippen LogP contribution in [0.25, 0.3) is 0 Å². The summed E-state index contributed by atoms with van der Waals surface area (Å²) >= 11 is 0. The van der Waals surface area contributed by atoms with Crippen LogP contribution in [0.15, 0.2) is 18.2 Å². The average Bonchev–Trinajstić information content (AvgIpc) is 2.86. The van der Waals surface area contributed by atoms with Gasteiger partial charge in [-0.25, -0.2) is 13.2 Å². The lowest BCUT2D eigenvalue weighted by Crippen LogP contribution is -2.40. The number of carbonyl (C=O) groups is 2. The molecule has 1 heterocycles. The first-order valence-electron chi connectivity index (χ1n) is 7.12. The van der Waals surface area contributed by atoms with Crippen LogP contribution >= 0.6 is 0 Å². The second kappa shape index (κ2) is 6.57. The normalized spacial score (nSPS) is 19.3. The molecule has 1 aromatic rings. The Hall–Kier alpha value is -2.09. The second-order valence-corrected chi connectivity index (χ2v) is 7.89. The predicted octanol–water partition coefficient (Wildman–Crippen LogP) is 0.503. The zero-order chi connectivity index (χ0) is 17.2. The molecule has 0 bridgehead atoms. The van der Waals surface area contributed by atoms with Crippen LogP contribution in [0.5, 0.6) is 5.75 Å². The number of rotatable bonds is 4. The molecule has 1 atom stereocenters. The Morgan fingerprint density at radius 2 is 2.09 bits per heavy atom. The van der Waals surface area contributed by atoms with Crippen LogP contribution in [0.1, 0.15) is 22.3 Å². The van der Waals surface area contributed by atoms with E-state index >= 15 is 0 Å². The van der Waals surface area contributed by atoms with Gasteiger partial charge in [0, 0.05) is 13.1 Å². The van der Waals surface area contributed by atoms with E-state index in [2.05, 4.69) is 0 Å². The highest BCUT2D eigenvalue weighted by molar-refractivity contribution is 7.91. The van der Waals surface area contributed by atoms with Crippen LogP contribution in [0.4, 0.5) is 0 Å². The van der Waals surface area contributed by atoms with Crippen molar-refractivity contribution in [3.63, 3.8) is 0 Å². The molecule has 0 aromatic heterocycles. The molecule has 1 fully saturated rings. The van der Waals surface area contributed by atoms with Gasteiger partial charge in [0.2, 0.25) is 0 Å². The largest absolute Gasteiger partial charge is 0.507 e. The van der Waals surface area contributed by atoms with Gasteiger partial charge in [-0.2, -0.15) is 0 Å². The quantitative estimate of drug-likeness (QED) is 0.801. The SMILES string of the molecule is Cc1ccc(O)c(C(=O)OCC(=O)N(C)[C@@H]2CCS(=O)(=O)C2)c1. The molecule has 0 spiro atoms. The number of ether oxygens (including phenoxy) is 1. The smallest absolute Gasteiger partial charge is 0.342 e. The van der Waals surface area contributed by atoms with Crippen LogP contribution in [0, 0.1) is 6.92 Å². The Bertz CT molecular complexity index is 727. The van der Waals surface area contributed by atoms with Gasteiger partial charge in [0.1, 0.15) is 11.3 Å². The van der Waals surface area contributed by atoms with E-state index in [0.29, 0.717) is 6.42 Å². The Labute approximate surface area is 134 Å². The van der Waals surface area contributed by atoms with Gasteiger partial charge in [-0.3, -0.25) is 4.79 Å². The minimum absolute atomic E-state index is 0.0103. The Morgan fingerprint density at radius 3 is 2.70 bits per heavy atom. The first-order chi connectivity index (χ1) is 10.7. The Morgan fingerprint density at radius 1 is 1.39 bits per heavy atom. The van der Waals surface area contributed by atoms with E-state index in [1.165, 1.54) is 24.1 Å². The minimum Gasteiger partial charge on any atom is -0.507 e. The third-order valence-corrected chi connectivity index (χ3v) is 5.60. The number of likely N-dealkylation sites (N-methyl/N-ethyl adjacent to an activating group) is 1. The van der Waals surface area contributed by atoms with E-state index in [4.69, 9.17) is 4.74 Å². The van der Waals surface area contributed by atoms with Gasteiger partial charge < -0.3 is 14.7 Å². The van der Waals surface area contributed by atoms with Crippen molar-refractivity contribution in [2.45, 2.75) is 19.4 Å². The molecular formula is C15H19NO6S. The van der Waals surface area contributed by atoms with Crippen molar-refractivity contribution >= 4 is 21.7 Å². The number of carbonyl (C=O) groups excluding carboxylic acids is 2. The summed E-state index contributed by atoms with van der Waals surface area (Å²) < 4.78 is 27.8. The predicted molar refractivity (Wildman–Crippen MR) is 83.0 cm³/mol. The molecule has 1 aliphatic rings. The molecular weight excluding hydrogens is 322 g/mol. The molecule has 7 nitrogen and oxygen atoms in total. The van der Waals surface area contributed by atoms with E-state index in [1.54, 1.807) is 13.0 Å². The van der Waals surface area contributed by atoms with E-state index in [0.717, 1.165) is 5.56 Å². The van der Waals surface area contributed by atoms with Crippen molar-refractivity contribution in [2.24, 2.45) is 0 Å². The van der Waals surface area contributed by atoms with E-state index in [1.807, 2.05) is 0 Å². The summed E-state index contributed by atoms with van der Waals surface area (Å²) in [5.41, 5.74) is 0.762. The van der Waals surface area contributed by atoms with E-state index in [9.17, 15) is 23.1 Å². The van der Waals surface area contributed by atoms with Crippen molar-refractivity contribution in [1.82, 2.24) is 4.90 Å². The number of aryl methyl sites for hydroxylation is 1. The lowest BCUT2D eigenvalue weighted by molar-refractivity contribution is -0.134.